The van der Waals surface area contributed by atoms with Crippen LogP contribution in [-0.4, -0.2) is 34.9 Å². The van der Waals surface area contributed by atoms with Crippen molar-refractivity contribution in [2.24, 2.45) is 0 Å². The van der Waals surface area contributed by atoms with E-state index in [4.69, 9.17) is 21.3 Å². The summed E-state index contributed by atoms with van der Waals surface area (Å²) in [7, 11) is 0. The number of anilines is 1. The maximum atomic E-state index is 12.5. The molecule has 160 valence electrons. The van der Waals surface area contributed by atoms with Gasteiger partial charge in [-0.15, -0.1) is 0 Å². The fraction of sp³-hybridized carbons (Fsp3) is 0.364. The van der Waals surface area contributed by atoms with E-state index in [-0.39, 0.29) is 11.1 Å². The van der Waals surface area contributed by atoms with Gasteiger partial charge in [0.1, 0.15) is 5.65 Å². The Hall–Kier alpha value is -2.51. The lowest BCUT2D eigenvalue weighted by Crippen LogP contribution is -2.14. The highest BCUT2D eigenvalue weighted by molar-refractivity contribution is 6.35. The van der Waals surface area contributed by atoms with Crippen LogP contribution in [0.4, 0.5) is 14.5 Å². The molecule has 0 saturated carbocycles. The summed E-state index contributed by atoms with van der Waals surface area (Å²) < 4.78 is 32.3. The van der Waals surface area contributed by atoms with Crippen molar-refractivity contribution in [2.45, 2.75) is 39.0 Å². The van der Waals surface area contributed by atoms with Crippen molar-refractivity contribution in [3.8, 4) is 0 Å². The lowest BCUT2D eigenvalue weighted by atomic mass is 9.97. The van der Waals surface area contributed by atoms with Crippen molar-refractivity contribution in [1.29, 1.82) is 0 Å². The van der Waals surface area contributed by atoms with Gasteiger partial charge in [-0.3, -0.25) is 4.79 Å². The summed E-state index contributed by atoms with van der Waals surface area (Å²) in [5, 5.41) is 3.13. The van der Waals surface area contributed by atoms with Gasteiger partial charge in [-0.05, 0) is 32.3 Å². The van der Waals surface area contributed by atoms with Gasteiger partial charge in [0.05, 0.1) is 16.4 Å². The Kier molecular flexibility index (Phi) is 7.05. The van der Waals surface area contributed by atoms with Crippen LogP contribution < -0.4 is 5.32 Å². The van der Waals surface area contributed by atoms with Crippen LogP contribution >= 0.6 is 11.6 Å². The van der Waals surface area contributed by atoms with Crippen LogP contribution in [0, 0.1) is 6.92 Å². The molecule has 0 radical (unpaired) electrons. The Balaban J connectivity index is 1.79. The molecule has 1 saturated heterocycles. The summed E-state index contributed by atoms with van der Waals surface area (Å²) in [6.45, 7) is 8.29. The van der Waals surface area contributed by atoms with Gasteiger partial charge in [-0.2, -0.15) is 0 Å². The molecule has 0 atom stereocenters. The zero-order valence-electron chi connectivity index (χ0n) is 16.9. The molecule has 0 bridgehead atoms. The second-order valence-electron chi connectivity index (χ2n) is 7.31. The van der Waals surface area contributed by atoms with Gasteiger partial charge < -0.3 is 14.5 Å². The van der Waals surface area contributed by atoms with Crippen LogP contribution in [0.3, 0.4) is 0 Å². The number of halogens is 3. The second kappa shape index (κ2) is 9.53. The highest BCUT2D eigenvalue weighted by atomic mass is 35.5. The van der Waals surface area contributed by atoms with Gasteiger partial charge in [0.25, 0.3) is 12.3 Å². The Bertz CT molecular complexity index is 1020. The van der Waals surface area contributed by atoms with E-state index in [1.165, 1.54) is 25.2 Å². The molecule has 0 spiro atoms. The predicted octanol–water partition coefficient (Wildman–Crippen LogP) is 5.45. The molecule has 5 nitrogen and oxygen atoms in total. The Morgan fingerprint density at radius 3 is 2.77 bits per heavy atom. The number of aromatic nitrogens is 2. The van der Waals surface area contributed by atoms with Crippen LogP contribution in [-0.2, 0) is 9.53 Å². The monoisotopic (exact) mass is 435 g/mol. The number of ether oxygens (including phenoxy) is 1. The maximum Gasteiger partial charge on any atom is 0.259 e. The van der Waals surface area contributed by atoms with E-state index in [1.807, 2.05) is 17.5 Å². The quantitative estimate of drug-likeness (QED) is 0.484. The van der Waals surface area contributed by atoms with Gasteiger partial charge >= 0.3 is 0 Å². The molecule has 2 aromatic rings. The van der Waals surface area contributed by atoms with E-state index in [0.29, 0.717) is 16.6 Å². The van der Waals surface area contributed by atoms with Gasteiger partial charge in [0, 0.05) is 42.7 Å². The minimum atomic E-state index is -2.54. The molecular weight excluding hydrogens is 412 g/mol. The number of nitrogens with zero attached hydrogens (tertiary/aromatic N) is 2. The first kappa shape index (κ1) is 22.2. The predicted molar refractivity (Wildman–Crippen MR) is 114 cm³/mol. The SMILES string of the molecule is C=C(/C=C\C=C(/C)C(F)F)C(=O)Nc1cn2cc(C3CCOCC3)nc2c(C)c1Cl. The molecule has 3 heterocycles. The average Bonchev–Trinajstić information content (AvgIpc) is 3.16. The van der Waals surface area contributed by atoms with Crippen molar-refractivity contribution >= 4 is 28.8 Å². The zero-order chi connectivity index (χ0) is 21.8. The molecule has 3 rings (SSSR count). The van der Waals surface area contributed by atoms with E-state index >= 15 is 0 Å². The van der Waals surface area contributed by atoms with Crippen LogP contribution in [0.2, 0.25) is 5.02 Å². The number of rotatable bonds is 6. The number of carbonyl (C=O) groups is 1. The van der Waals surface area contributed by atoms with E-state index in [2.05, 4.69) is 11.9 Å². The van der Waals surface area contributed by atoms with Crippen molar-refractivity contribution in [1.82, 2.24) is 9.38 Å². The van der Waals surface area contributed by atoms with E-state index in [0.717, 1.165) is 43.0 Å². The molecule has 0 aromatic carbocycles. The second-order valence-corrected chi connectivity index (χ2v) is 7.69. The Morgan fingerprint density at radius 2 is 2.10 bits per heavy atom. The lowest BCUT2D eigenvalue weighted by Gasteiger charge is -2.19. The first-order chi connectivity index (χ1) is 14.3. The number of alkyl halides is 2. The highest BCUT2D eigenvalue weighted by Gasteiger charge is 2.21. The molecule has 1 fully saturated rings. The van der Waals surface area contributed by atoms with Crippen molar-refractivity contribution in [2.75, 3.05) is 18.5 Å². The third-order valence-corrected chi connectivity index (χ3v) is 5.59. The number of allylic oxidation sites excluding steroid dienone is 3. The fourth-order valence-corrected chi connectivity index (χ4v) is 3.41. The molecule has 1 aliphatic heterocycles. The molecule has 1 N–H and O–H groups in total. The Labute approximate surface area is 179 Å². The molecule has 1 aliphatic rings. The average molecular weight is 436 g/mol. The lowest BCUT2D eigenvalue weighted by molar-refractivity contribution is -0.112. The standard InChI is InChI=1S/C22H24ClF2N3O2/c1-13(20(24)25)5-4-6-14(2)22(29)27-18-12-28-11-17(16-7-9-30-10-8-16)26-21(28)15(3)19(18)23/h4-6,11-12,16,20H,2,7-10H2,1,3H3,(H,27,29)/b6-4-,13-5+. The summed E-state index contributed by atoms with van der Waals surface area (Å²) in [6.07, 6.45) is 6.98. The summed E-state index contributed by atoms with van der Waals surface area (Å²) in [4.78, 5) is 17.2. The summed E-state index contributed by atoms with van der Waals surface area (Å²) in [5.74, 6) is -0.135. The summed E-state index contributed by atoms with van der Waals surface area (Å²) in [6, 6.07) is 0. The van der Waals surface area contributed by atoms with Crippen LogP contribution in [0.25, 0.3) is 5.65 Å². The first-order valence-corrected chi connectivity index (χ1v) is 10.0. The molecule has 2 aromatic heterocycles. The molecule has 30 heavy (non-hydrogen) atoms. The fourth-order valence-electron chi connectivity index (χ4n) is 3.23. The van der Waals surface area contributed by atoms with E-state index in [1.54, 1.807) is 6.20 Å². The number of imidazole rings is 1. The summed E-state index contributed by atoms with van der Waals surface area (Å²) in [5.41, 5.74) is 2.93. The third kappa shape index (κ3) is 4.96. The van der Waals surface area contributed by atoms with Crippen LogP contribution in [0.1, 0.15) is 36.9 Å². The third-order valence-electron chi connectivity index (χ3n) is 5.10. The smallest absolute Gasteiger partial charge is 0.259 e. The van der Waals surface area contributed by atoms with E-state index < -0.39 is 12.3 Å². The normalized spacial score (nSPS) is 16.0. The van der Waals surface area contributed by atoms with E-state index in [9.17, 15) is 13.6 Å². The van der Waals surface area contributed by atoms with Gasteiger partial charge in [-0.1, -0.05) is 36.4 Å². The number of pyridine rings is 1. The number of hydrogen-bond acceptors (Lipinski definition) is 3. The maximum absolute atomic E-state index is 12.5. The van der Waals surface area contributed by atoms with Gasteiger partial charge in [0.2, 0.25) is 0 Å². The van der Waals surface area contributed by atoms with Crippen molar-refractivity contribution in [3.63, 3.8) is 0 Å². The zero-order valence-corrected chi connectivity index (χ0v) is 17.7. The minimum Gasteiger partial charge on any atom is -0.381 e. The van der Waals surface area contributed by atoms with Gasteiger partial charge in [0.15, 0.2) is 0 Å². The number of hydrogen-bond donors (Lipinski definition) is 1. The number of fused-ring (bicyclic) bond motifs is 1. The van der Waals surface area contributed by atoms with Crippen LogP contribution in [0.15, 0.2) is 48.3 Å². The van der Waals surface area contributed by atoms with Crippen LogP contribution in [0.5, 0.6) is 0 Å². The van der Waals surface area contributed by atoms with Crippen molar-refractivity contribution in [3.05, 3.63) is 64.6 Å². The largest absolute Gasteiger partial charge is 0.381 e. The molecule has 0 aliphatic carbocycles. The van der Waals surface area contributed by atoms with Crippen molar-refractivity contribution < 1.29 is 18.3 Å². The molecule has 8 heteroatoms. The summed E-state index contributed by atoms with van der Waals surface area (Å²) >= 11 is 6.47. The number of nitrogens with one attached hydrogen (secondary N) is 1. The Morgan fingerprint density at radius 1 is 1.40 bits per heavy atom. The topological polar surface area (TPSA) is 55.6 Å². The number of aryl methyl sites for hydroxylation is 1. The number of carbonyl (C=O) groups excluding carboxylic acids is 1. The molecule has 1 amide bonds. The molecule has 0 unspecified atom stereocenters. The molecular formula is C22H24ClF2N3O2. The minimum absolute atomic E-state index is 0.0935. The number of amides is 1. The first-order valence-electron chi connectivity index (χ1n) is 9.66. The van der Waals surface area contributed by atoms with Gasteiger partial charge in [-0.25, -0.2) is 13.8 Å². The highest BCUT2D eigenvalue weighted by Crippen LogP contribution is 2.32.